The minimum atomic E-state index is -4.10. The Morgan fingerprint density at radius 2 is 1.90 bits per heavy atom. The molecule has 0 heterocycles. The van der Waals surface area contributed by atoms with Crippen molar-refractivity contribution in [2.75, 3.05) is 0 Å². The normalized spacial score (nSPS) is 12.9. The fourth-order valence-corrected chi connectivity index (χ4v) is 2.49. The Labute approximate surface area is 117 Å². The van der Waals surface area contributed by atoms with Crippen molar-refractivity contribution < 1.29 is 17.5 Å². The van der Waals surface area contributed by atoms with Gasteiger partial charge in [-0.1, -0.05) is 13.8 Å². The van der Waals surface area contributed by atoms with Crippen molar-refractivity contribution >= 4 is 15.8 Å². The van der Waals surface area contributed by atoms with Crippen molar-refractivity contribution in [2.24, 2.45) is 5.92 Å². The maximum atomic E-state index is 11.9. The first-order chi connectivity index (χ1) is 9.26. The summed E-state index contributed by atoms with van der Waals surface area (Å²) in [7, 11) is -4.10. The van der Waals surface area contributed by atoms with Gasteiger partial charge in [-0.15, -0.1) is 0 Å². The Bertz CT molecular complexity index is 616. The summed E-state index contributed by atoms with van der Waals surface area (Å²) in [6.07, 6.45) is -0.793. The second-order valence-electron chi connectivity index (χ2n) is 4.55. The number of nitro benzene ring substituents is 1. The molecule has 0 radical (unpaired) electrons. The van der Waals surface area contributed by atoms with E-state index in [9.17, 15) is 18.5 Å². The Balaban J connectivity index is 2.93. The van der Waals surface area contributed by atoms with Crippen LogP contribution in [0.15, 0.2) is 29.2 Å². The third-order valence-electron chi connectivity index (χ3n) is 2.41. The largest absolute Gasteiger partial charge is 0.298 e. The molecule has 0 amide bonds. The zero-order valence-corrected chi connectivity index (χ0v) is 11.8. The highest BCUT2D eigenvalue weighted by molar-refractivity contribution is 7.86. The van der Waals surface area contributed by atoms with Gasteiger partial charge in [-0.25, -0.2) is 4.18 Å². The Hall–Kier alpha value is -1.98. The molecule has 1 aromatic carbocycles. The molecule has 20 heavy (non-hydrogen) atoms. The highest BCUT2D eigenvalue weighted by Crippen LogP contribution is 2.20. The number of non-ortho nitro benzene ring substituents is 1. The van der Waals surface area contributed by atoms with Gasteiger partial charge >= 0.3 is 0 Å². The third kappa shape index (κ3) is 4.29. The van der Waals surface area contributed by atoms with E-state index >= 15 is 0 Å². The monoisotopic (exact) mass is 298 g/mol. The van der Waals surface area contributed by atoms with Crippen molar-refractivity contribution in [1.29, 1.82) is 5.26 Å². The zero-order valence-electron chi connectivity index (χ0n) is 11.0. The predicted molar refractivity (Wildman–Crippen MR) is 70.2 cm³/mol. The SMILES string of the molecule is CC(C)C[C@H](C#N)OS(=O)(=O)c1ccc([N+](=O)[O-])cc1. The lowest BCUT2D eigenvalue weighted by atomic mass is 10.1. The van der Waals surface area contributed by atoms with E-state index in [1.54, 1.807) is 6.07 Å². The summed E-state index contributed by atoms with van der Waals surface area (Å²) in [5.41, 5.74) is -0.219. The van der Waals surface area contributed by atoms with Gasteiger partial charge in [0.2, 0.25) is 0 Å². The molecule has 8 heteroatoms. The van der Waals surface area contributed by atoms with Gasteiger partial charge in [0.05, 0.1) is 15.9 Å². The van der Waals surface area contributed by atoms with Crippen LogP contribution in [0.1, 0.15) is 20.3 Å². The molecule has 0 unspecified atom stereocenters. The molecule has 0 spiro atoms. The minimum absolute atomic E-state index is 0.103. The average Bonchev–Trinajstić information content (AvgIpc) is 2.37. The predicted octanol–water partition coefficient (Wildman–Crippen LogP) is 2.24. The molecule has 1 atom stereocenters. The summed E-state index contributed by atoms with van der Waals surface area (Å²) < 4.78 is 28.7. The first kappa shape index (κ1) is 16.1. The Morgan fingerprint density at radius 3 is 2.30 bits per heavy atom. The van der Waals surface area contributed by atoms with E-state index in [0.29, 0.717) is 0 Å². The summed E-state index contributed by atoms with van der Waals surface area (Å²) >= 11 is 0. The van der Waals surface area contributed by atoms with E-state index in [1.807, 2.05) is 13.8 Å². The molecule has 0 fully saturated rings. The van der Waals surface area contributed by atoms with Crippen molar-refractivity contribution in [1.82, 2.24) is 0 Å². The summed E-state index contributed by atoms with van der Waals surface area (Å²) in [5, 5.41) is 19.4. The van der Waals surface area contributed by atoms with Gasteiger partial charge in [0.15, 0.2) is 6.10 Å². The van der Waals surface area contributed by atoms with Crippen molar-refractivity contribution in [2.45, 2.75) is 31.3 Å². The number of nitrogens with zero attached hydrogens (tertiary/aromatic N) is 2. The molecule has 0 aliphatic carbocycles. The number of benzene rings is 1. The smallest absolute Gasteiger partial charge is 0.258 e. The Morgan fingerprint density at radius 1 is 1.35 bits per heavy atom. The van der Waals surface area contributed by atoms with E-state index in [2.05, 4.69) is 0 Å². The van der Waals surface area contributed by atoms with Crippen LogP contribution in [0, 0.1) is 27.4 Å². The lowest BCUT2D eigenvalue weighted by molar-refractivity contribution is -0.384. The first-order valence-electron chi connectivity index (χ1n) is 5.83. The lowest BCUT2D eigenvalue weighted by Gasteiger charge is -2.12. The maximum Gasteiger partial charge on any atom is 0.298 e. The number of hydrogen-bond donors (Lipinski definition) is 0. The number of nitriles is 1. The van der Waals surface area contributed by atoms with E-state index in [4.69, 9.17) is 9.44 Å². The van der Waals surface area contributed by atoms with E-state index in [1.165, 1.54) is 0 Å². The van der Waals surface area contributed by atoms with Gasteiger partial charge in [0, 0.05) is 12.1 Å². The fourth-order valence-electron chi connectivity index (χ4n) is 1.48. The fraction of sp³-hybridized carbons (Fsp3) is 0.417. The zero-order chi connectivity index (χ0) is 15.3. The van der Waals surface area contributed by atoms with Crippen LogP contribution in [0.25, 0.3) is 0 Å². The van der Waals surface area contributed by atoms with Crippen LogP contribution < -0.4 is 0 Å². The van der Waals surface area contributed by atoms with Gasteiger partial charge in [-0.2, -0.15) is 13.7 Å². The molecule has 0 aliphatic rings. The number of rotatable bonds is 6. The summed E-state index contributed by atoms with van der Waals surface area (Å²) in [6, 6.07) is 6.08. The second-order valence-corrected chi connectivity index (χ2v) is 6.12. The van der Waals surface area contributed by atoms with Crippen LogP contribution in [-0.2, 0) is 14.3 Å². The van der Waals surface area contributed by atoms with Crippen molar-refractivity contribution in [3.05, 3.63) is 34.4 Å². The highest BCUT2D eigenvalue weighted by atomic mass is 32.2. The highest BCUT2D eigenvalue weighted by Gasteiger charge is 2.23. The number of hydrogen-bond acceptors (Lipinski definition) is 6. The second kappa shape index (κ2) is 6.45. The first-order valence-corrected chi connectivity index (χ1v) is 7.24. The molecule has 108 valence electrons. The van der Waals surface area contributed by atoms with Crippen molar-refractivity contribution in [3.63, 3.8) is 0 Å². The van der Waals surface area contributed by atoms with Crippen LogP contribution in [0.4, 0.5) is 5.69 Å². The lowest BCUT2D eigenvalue weighted by Crippen LogP contribution is -2.19. The third-order valence-corrected chi connectivity index (χ3v) is 3.74. The average molecular weight is 298 g/mol. The van der Waals surface area contributed by atoms with Crippen molar-refractivity contribution in [3.8, 4) is 6.07 Å². The van der Waals surface area contributed by atoms with Crippen LogP contribution in [0.2, 0.25) is 0 Å². The summed E-state index contributed by atoms with van der Waals surface area (Å²) in [6.45, 7) is 3.68. The quantitative estimate of drug-likeness (QED) is 0.452. The number of nitro groups is 1. The van der Waals surface area contributed by atoms with Gasteiger partial charge in [0.1, 0.15) is 0 Å². The topological polar surface area (TPSA) is 110 Å². The van der Waals surface area contributed by atoms with Gasteiger partial charge < -0.3 is 0 Å². The van der Waals surface area contributed by atoms with Crippen LogP contribution in [0.5, 0.6) is 0 Å². The van der Waals surface area contributed by atoms with Crippen LogP contribution >= 0.6 is 0 Å². The van der Waals surface area contributed by atoms with E-state index < -0.39 is 21.1 Å². The van der Waals surface area contributed by atoms with Gasteiger partial charge in [-0.05, 0) is 24.5 Å². The summed E-state index contributed by atoms with van der Waals surface area (Å²) in [5.74, 6) is 0.103. The minimum Gasteiger partial charge on any atom is -0.258 e. The molecular formula is C12H14N2O5S. The van der Waals surface area contributed by atoms with E-state index in [0.717, 1.165) is 24.3 Å². The molecule has 0 saturated heterocycles. The molecule has 1 aromatic rings. The molecular weight excluding hydrogens is 284 g/mol. The molecule has 7 nitrogen and oxygen atoms in total. The standard InChI is InChI=1S/C12H14N2O5S/c1-9(2)7-11(8-13)19-20(17,18)12-5-3-10(4-6-12)14(15)16/h3-6,9,11H,7H2,1-2H3/t11-/m1/s1. The summed E-state index contributed by atoms with van der Waals surface area (Å²) in [4.78, 5) is 9.64. The molecule has 0 bridgehead atoms. The maximum absolute atomic E-state index is 11.9. The van der Waals surface area contributed by atoms with Crippen LogP contribution in [-0.4, -0.2) is 19.4 Å². The van der Waals surface area contributed by atoms with Gasteiger partial charge in [0.25, 0.3) is 15.8 Å². The Kier molecular flexibility index (Phi) is 5.19. The van der Waals surface area contributed by atoms with Gasteiger partial charge in [-0.3, -0.25) is 10.1 Å². The molecule has 0 N–H and O–H groups in total. The molecule has 0 aliphatic heterocycles. The molecule has 1 rings (SSSR count). The molecule has 0 saturated carbocycles. The molecule has 0 aromatic heterocycles. The van der Waals surface area contributed by atoms with Crippen LogP contribution in [0.3, 0.4) is 0 Å². The van der Waals surface area contributed by atoms with E-state index in [-0.39, 0.29) is 22.9 Å².